The SMILES string of the molecule is CCCCC/C=C\C=C/CCCCCCCCCCCC(O)C(=O)NC(CS(=O)(=O)O)C(O)CCCCCCCCCCCCCCCCCCCC. The lowest BCUT2D eigenvalue weighted by atomic mass is 10.0. The number of rotatable bonds is 41. The zero-order valence-electron chi connectivity index (χ0n) is 34.8. The van der Waals surface area contributed by atoms with E-state index in [0.29, 0.717) is 25.7 Å². The van der Waals surface area contributed by atoms with E-state index in [1.165, 1.54) is 148 Å². The van der Waals surface area contributed by atoms with Crippen LogP contribution in [0.4, 0.5) is 0 Å². The zero-order chi connectivity index (χ0) is 39.1. The fraction of sp³-hybridized carbons (Fsp3) is 0.889. The maximum Gasteiger partial charge on any atom is 0.266 e. The molecule has 3 unspecified atom stereocenters. The van der Waals surface area contributed by atoms with Gasteiger partial charge in [0.25, 0.3) is 10.1 Å². The van der Waals surface area contributed by atoms with Gasteiger partial charge in [-0.25, -0.2) is 0 Å². The molecule has 1 amide bonds. The highest BCUT2D eigenvalue weighted by molar-refractivity contribution is 7.85. The summed E-state index contributed by atoms with van der Waals surface area (Å²) in [5, 5.41) is 23.6. The fourth-order valence-electron chi connectivity index (χ4n) is 7.04. The Kier molecular flexibility index (Phi) is 38.1. The maximum absolute atomic E-state index is 12.6. The van der Waals surface area contributed by atoms with Crippen molar-refractivity contribution in [1.29, 1.82) is 0 Å². The second kappa shape index (κ2) is 39.0. The summed E-state index contributed by atoms with van der Waals surface area (Å²) in [4.78, 5) is 12.6. The molecule has 0 bridgehead atoms. The molecule has 7 nitrogen and oxygen atoms in total. The molecule has 0 aliphatic rings. The van der Waals surface area contributed by atoms with Gasteiger partial charge in [-0.05, 0) is 38.5 Å². The van der Waals surface area contributed by atoms with Crippen LogP contribution in [-0.2, 0) is 14.9 Å². The molecular formula is C45H87NO6S. The van der Waals surface area contributed by atoms with Crippen molar-refractivity contribution in [3.8, 4) is 0 Å². The molecule has 0 aromatic heterocycles. The summed E-state index contributed by atoms with van der Waals surface area (Å²) in [5.41, 5.74) is 0. The molecule has 0 saturated carbocycles. The standard InChI is InChI=1S/C45H87NO6S/c1-3-5-7-9-11-13-15-17-19-21-23-25-27-29-31-33-35-37-39-43(47)42(41-53(50,51)52)46-45(49)44(48)40-38-36-34-32-30-28-26-24-22-20-18-16-14-12-10-8-6-4-2/h12,14,16,18,42-44,47-48H,3-11,13,15,17,19-41H2,1-2H3,(H,46,49)(H,50,51,52)/b14-12-,18-16-. The first-order chi connectivity index (χ1) is 25.7. The predicted octanol–water partition coefficient (Wildman–Crippen LogP) is 12.5. The van der Waals surface area contributed by atoms with Gasteiger partial charge >= 0.3 is 0 Å². The topological polar surface area (TPSA) is 124 Å². The molecule has 0 saturated heterocycles. The minimum absolute atomic E-state index is 0.293. The summed E-state index contributed by atoms with van der Waals surface area (Å²) in [6.07, 6.45) is 46.2. The van der Waals surface area contributed by atoms with Crippen LogP contribution < -0.4 is 5.32 Å². The van der Waals surface area contributed by atoms with Gasteiger partial charge in [-0.2, -0.15) is 8.42 Å². The van der Waals surface area contributed by atoms with E-state index in [1.807, 2.05) is 0 Å². The molecular weight excluding hydrogens is 683 g/mol. The maximum atomic E-state index is 12.6. The Morgan fingerprint density at radius 2 is 0.830 bits per heavy atom. The third-order valence-corrected chi connectivity index (χ3v) is 11.3. The van der Waals surface area contributed by atoms with E-state index >= 15 is 0 Å². The number of aliphatic hydroxyl groups excluding tert-OH is 2. The van der Waals surface area contributed by atoms with Crippen LogP contribution in [-0.4, -0.2) is 53.1 Å². The van der Waals surface area contributed by atoms with Crippen molar-refractivity contribution >= 4 is 16.0 Å². The average molecular weight is 770 g/mol. The van der Waals surface area contributed by atoms with Gasteiger partial charge in [-0.15, -0.1) is 0 Å². The molecule has 53 heavy (non-hydrogen) atoms. The summed E-state index contributed by atoms with van der Waals surface area (Å²) in [7, 11) is -4.41. The lowest BCUT2D eigenvalue weighted by Crippen LogP contribution is -2.50. The highest BCUT2D eigenvalue weighted by atomic mass is 32.2. The molecule has 0 rings (SSSR count). The summed E-state index contributed by atoms with van der Waals surface area (Å²) in [5.74, 6) is -1.45. The summed E-state index contributed by atoms with van der Waals surface area (Å²) < 4.78 is 32.7. The van der Waals surface area contributed by atoms with Gasteiger partial charge in [0.2, 0.25) is 5.91 Å². The van der Waals surface area contributed by atoms with E-state index in [4.69, 9.17) is 0 Å². The van der Waals surface area contributed by atoms with Crippen molar-refractivity contribution in [3.63, 3.8) is 0 Å². The molecule has 0 fully saturated rings. The monoisotopic (exact) mass is 770 g/mol. The van der Waals surface area contributed by atoms with E-state index in [1.54, 1.807) is 0 Å². The molecule has 3 atom stereocenters. The second-order valence-electron chi connectivity index (χ2n) is 15.9. The predicted molar refractivity (Wildman–Crippen MR) is 227 cm³/mol. The van der Waals surface area contributed by atoms with Gasteiger partial charge in [-0.1, -0.05) is 218 Å². The largest absolute Gasteiger partial charge is 0.391 e. The summed E-state index contributed by atoms with van der Waals surface area (Å²) >= 11 is 0. The van der Waals surface area contributed by atoms with Crippen LogP contribution in [0.15, 0.2) is 24.3 Å². The Bertz CT molecular complexity index is 953. The molecule has 0 aliphatic heterocycles. The van der Waals surface area contributed by atoms with Gasteiger partial charge in [-0.3, -0.25) is 9.35 Å². The number of hydrogen-bond donors (Lipinski definition) is 4. The lowest BCUT2D eigenvalue weighted by molar-refractivity contribution is -0.131. The van der Waals surface area contributed by atoms with Crippen LogP contribution in [0.2, 0.25) is 0 Å². The number of carbonyl (C=O) groups excluding carboxylic acids is 1. The average Bonchev–Trinajstić information content (AvgIpc) is 3.12. The third kappa shape index (κ3) is 38.8. The summed E-state index contributed by atoms with van der Waals surface area (Å²) in [6.45, 7) is 4.50. The fourth-order valence-corrected chi connectivity index (χ4v) is 7.80. The number of hydrogen-bond acceptors (Lipinski definition) is 5. The van der Waals surface area contributed by atoms with Gasteiger partial charge in [0.05, 0.1) is 17.9 Å². The number of aliphatic hydroxyl groups is 2. The van der Waals surface area contributed by atoms with Crippen LogP contribution >= 0.6 is 0 Å². The van der Waals surface area contributed by atoms with Gasteiger partial charge in [0.1, 0.15) is 6.10 Å². The molecule has 0 spiro atoms. The van der Waals surface area contributed by atoms with E-state index in [9.17, 15) is 28.0 Å². The summed E-state index contributed by atoms with van der Waals surface area (Å²) in [6, 6.07) is -1.15. The van der Waals surface area contributed by atoms with E-state index in [-0.39, 0.29) is 0 Å². The second-order valence-corrected chi connectivity index (χ2v) is 17.4. The smallest absolute Gasteiger partial charge is 0.266 e. The van der Waals surface area contributed by atoms with Crippen molar-refractivity contribution < 1.29 is 28.0 Å². The highest BCUT2D eigenvalue weighted by Crippen LogP contribution is 2.17. The highest BCUT2D eigenvalue weighted by Gasteiger charge is 2.28. The Morgan fingerprint density at radius 1 is 0.509 bits per heavy atom. The van der Waals surface area contributed by atoms with Crippen molar-refractivity contribution in [2.75, 3.05) is 5.75 Å². The Balaban J connectivity index is 3.92. The quantitative estimate of drug-likeness (QED) is 0.0279. The Hall–Kier alpha value is -1.22. The van der Waals surface area contributed by atoms with Gasteiger partial charge in [0, 0.05) is 0 Å². The molecule has 4 N–H and O–H groups in total. The van der Waals surface area contributed by atoms with E-state index in [0.717, 1.165) is 44.9 Å². The molecule has 0 aromatic carbocycles. The third-order valence-electron chi connectivity index (χ3n) is 10.5. The molecule has 0 aromatic rings. The molecule has 8 heteroatoms. The lowest BCUT2D eigenvalue weighted by Gasteiger charge is -2.24. The van der Waals surface area contributed by atoms with E-state index < -0.39 is 40.0 Å². The Labute approximate surface area is 328 Å². The number of amides is 1. The van der Waals surface area contributed by atoms with Crippen molar-refractivity contribution in [3.05, 3.63) is 24.3 Å². The molecule has 314 valence electrons. The number of nitrogens with one attached hydrogen (secondary N) is 1. The number of carbonyl (C=O) groups is 1. The molecule has 0 radical (unpaired) electrons. The van der Waals surface area contributed by atoms with Crippen molar-refractivity contribution in [2.24, 2.45) is 0 Å². The van der Waals surface area contributed by atoms with E-state index in [2.05, 4.69) is 43.5 Å². The first-order valence-electron chi connectivity index (χ1n) is 22.6. The van der Waals surface area contributed by atoms with Crippen LogP contribution in [0.1, 0.15) is 232 Å². The normalized spacial score (nSPS) is 14.0. The van der Waals surface area contributed by atoms with Crippen molar-refractivity contribution in [2.45, 2.75) is 250 Å². The van der Waals surface area contributed by atoms with Gasteiger partial charge in [0.15, 0.2) is 0 Å². The molecule has 0 heterocycles. The molecule has 0 aliphatic carbocycles. The first kappa shape index (κ1) is 51.8. The van der Waals surface area contributed by atoms with Gasteiger partial charge < -0.3 is 15.5 Å². The first-order valence-corrected chi connectivity index (χ1v) is 24.3. The minimum Gasteiger partial charge on any atom is -0.391 e. The number of unbranched alkanes of at least 4 members (excludes halogenated alkanes) is 29. The van der Waals surface area contributed by atoms with Crippen LogP contribution in [0.25, 0.3) is 0 Å². The minimum atomic E-state index is -4.41. The number of allylic oxidation sites excluding steroid dienone is 4. The Morgan fingerprint density at radius 3 is 1.23 bits per heavy atom. The zero-order valence-corrected chi connectivity index (χ0v) is 35.6. The van der Waals surface area contributed by atoms with Crippen molar-refractivity contribution in [1.82, 2.24) is 5.32 Å². The van der Waals surface area contributed by atoms with Crippen LogP contribution in [0.3, 0.4) is 0 Å². The van der Waals surface area contributed by atoms with Crippen LogP contribution in [0.5, 0.6) is 0 Å². The van der Waals surface area contributed by atoms with Crippen LogP contribution in [0, 0.1) is 0 Å².